The minimum absolute atomic E-state index is 0.00276. The Morgan fingerprint density at radius 1 is 0.935 bits per heavy atom. The van der Waals surface area contributed by atoms with Crippen molar-refractivity contribution in [2.45, 2.75) is 49.8 Å². The minimum atomic E-state index is -3.42. The number of amides is 1. The molecule has 31 heavy (non-hydrogen) atoms. The molecule has 1 N–H and O–H groups in total. The molecule has 168 valence electrons. The monoisotopic (exact) mass is 444 g/mol. The predicted octanol–water partition coefficient (Wildman–Crippen LogP) is 3.77. The van der Waals surface area contributed by atoms with Crippen LogP contribution in [-0.2, 0) is 21.2 Å². The van der Waals surface area contributed by atoms with Crippen molar-refractivity contribution in [1.29, 1.82) is 0 Å². The van der Waals surface area contributed by atoms with Gasteiger partial charge in [0.1, 0.15) is 5.75 Å². The SMILES string of the molecule is O=C(CCCOc1ccccc1)NCCc1ccc(S(=O)(=O)N2CCCCCC2)cc1. The molecular formula is C24H32N2O4S. The molecule has 1 amide bonds. The van der Waals surface area contributed by atoms with Crippen LogP contribution in [0.1, 0.15) is 44.1 Å². The largest absolute Gasteiger partial charge is 0.494 e. The zero-order chi connectivity index (χ0) is 21.9. The lowest BCUT2D eigenvalue weighted by atomic mass is 10.1. The number of hydrogen-bond acceptors (Lipinski definition) is 4. The Balaban J connectivity index is 1.37. The van der Waals surface area contributed by atoms with E-state index in [1.165, 1.54) is 0 Å². The number of para-hydroxylation sites is 1. The summed E-state index contributed by atoms with van der Waals surface area (Å²) in [5, 5.41) is 2.91. The van der Waals surface area contributed by atoms with E-state index in [0.717, 1.165) is 37.0 Å². The summed E-state index contributed by atoms with van der Waals surface area (Å²) in [5.41, 5.74) is 1.00. The summed E-state index contributed by atoms with van der Waals surface area (Å²) >= 11 is 0. The van der Waals surface area contributed by atoms with Gasteiger partial charge in [0.25, 0.3) is 0 Å². The second-order valence-corrected chi connectivity index (χ2v) is 9.77. The lowest BCUT2D eigenvalue weighted by Crippen LogP contribution is -2.31. The second kappa shape index (κ2) is 11.9. The first kappa shape index (κ1) is 23.3. The number of nitrogens with zero attached hydrogens (tertiary/aromatic N) is 1. The van der Waals surface area contributed by atoms with Gasteiger partial charge in [0, 0.05) is 26.1 Å². The summed E-state index contributed by atoms with van der Waals surface area (Å²) in [6.45, 7) is 2.24. The van der Waals surface area contributed by atoms with Crippen molar-refractivity contribution < 1.29 is 17.9 Å². The van der Waals surface area contributed by atoms with E-state index in [1.807, 2.05) is 42.5 Å². The zero-order valence-corrected chi connectivity index (χ0v) is 18.8. The summed E-state index contributed by atoms with van der Waals surface area (Å²) in [4.78, 5) is 12.3. The maximum absolute atomic E-state index is 12.8. The van der Waals surface area contributed by atoms with Crippen LogP contribution < -0.4 is 10.1 Å². The fraction of sp³-hybridized carbons (Fsp3) is 0.458. The van der Waals surface area contributed by atoms with Gasteiger partial charge in [0.15, 0.2) is 0 Å². The van der Waals surface area contributed by atoms with Crippen LogP contribution in [0.15, 0.2) is 59.5 Å². The standard InChI is InChI=1S/C24H32N2O4S/c27-24(11-8-20-30-22-9-4-3-5-10-22)25-17-16-21-12-14-23(15-13-21)31(28,29)26-18-6-1-2-7-19-26/h3-5,9-10,12-15H,1-2,6-8,11,16-20H2,(H,25,27). The average Bonchev–Trinajstić information content (AvgIpc) is 3.08. The van der Waals surface area contributed by atoms with E-state index in [2.05, 4.69) is 5.32 Å². The molecule has 1 heterocycles. The van der Waals surface area contributed by atoms with Gasteiger partial charge in [0.05, 0.1) is 11.5 Å². The number of carbonyl (C=O) groups excluding carboxylic acids is 1. The van der Waals surface area contributed by atoms with Crippen LogP contribution in [0.5, 0.6) is 5.75 Å². The molecule has 0 aromatic heterocycles. The molecule has 0 radical (unpaired) electrons. The molecule has 0 saturated carbocycles. The van der Waals surface area contributed by atoms with Crippen LogP contribution in [0.3, 0.4) is 0 Å². The number of hydrogen-bond donors (Lipinski definition) is 1. The summed E-state index contributed by atoms with van der Waals surface area (Å²) in [5.74, 6) is 0.807. The first-order chi connectivity index (χ1) is 15.1. The third kappa shape index (κ3) is 7.36. The average molecular weight is 445 g/mol. The molecule has 1 aliphatic rings. The van der Waals surface area contributed by atoms with Gasteiger partial charge in [-0.25, -0.2) is 8.42 Å². The molecule has 3 rings (SSSR count). The van der Waals surface area contributed by atoms with Crippen LogP contribution in [0.25, 0.3) is 0 Å². The Kier molecular flexibility index (Phi) is 8.91. The fourth-order valence-electron chi connectivity index (χ4n) is 3.63. The highest BCUT2D eigenvalue weighted by molar-refractivity contribution is 7.89. The number of sulfonamides is 1. The van der Waals surface area contributed by atoms with Gasteiger partial charge in [-0.05, 0) is 55.5 Å². The molecule has 6 nitrogen and oxygen atoms in total. The first-order valence-electron chi connectivity index (χ1n) is 11.1. The maximum atomic E-state index is 12.8. The van der Waals surface area contributed by atoms with Crippen molar-refractivity contribution in [3.8, 4) is 5.75 Å². The normalized spacial score (nSPS) is 15.2. The third-order valence-corrected chi connectivity index (χ3v) is 7.33. The summed E-state index contributed by atoms with van der Waals surface area (Å²) in [6.07, 6.45) is 5.78. The molecule has 0 aliphatic carbocycles. The van der Waals surface area contributed by atoms with E-state index in [9.17, 15) is 13.2 Å². The van der Waals surface area contributed by atoms with Crippen molar-refractivity contribution in [3.63, 3.8) is 0 Å². The number of benzene rings is 2. The molecule has 2 aromatic rings. The smallest absolute Gasteiger partial charge is 0.243 e. The fourth-order valence-corrected chi connectivity index (χ4v) is 5.15. The first-order valence-corrected chi connectivity index (χ1v) is 12.5. The molecule has 0 atom stereocenters. The number of carbonyl (C=O) groups is 1. The highest BCUT2D eigenvalue weighted by Crippen LogP contribution is 2.20. The summed E-state index contributed by atoms with van der Waals surface area (Å²) in [6, 6.07) is 16.6. The summed E-state index contributed by atoms with van der Waals surface area (Å²) in [7, 11) is -3.42. The number of ether oxygens (including phenoxy) is 1. The van der Waals surface area contributed by atoms with Crippen LogP contribution in [0, 0.1) is 0 Å². The highest BCUT2D eigenvalue weighted by Gasteiger charge is 2.24. The Bertz CT molecular complexity index is 906. The van der Waals surface area contributed by atoms with E-state index in [0.29, 0.717) is 50.4 Å². The molecule has 1 fully saturated rings. The van der Waals surface area contributed by atoms with Gasteiger partial charge in [0.2, 0.25) is 15.9 Å². The minimum Gasteiger partial charge on any atom is -0.494 e. The van der Waals surface area contributed by atoms with Crippen molar-refractivity contribution >= 4 is 15.9 Å². The molecular weight excluding hydrogens is 412 g/mol. The van der Waals surface area contributed by atoms with E-state index in [1.54, 1.807) is 16.4 Å². The van der Waals surface area contributed by atoms with Crippen LogP contribution in [0.2, 0.25) is 0 Å². The molecule has 0 spiro atoms. The van der Waals surface area contributed by atoms with Gasteiger partial charge in [-0.3, -0.25) is 4.79 Å². The van der Waals surface area contributed by atoms with E-state index in [4.69, 9.17) is 4.74 Å². The highest BCUT2D eigenvalue weighted by atomic mass is 32.2. The van der Waals surface area contributed by atoms with E-state index in [-0.39, 0.29) is 5.91 Å². The topological polar surface area (TPSA) is 75.7 Å². The van der Waals surface area contributed by atoms with Crippen LogP contribution in [-0.4, -0.2) is 44.9 Å². The van der Waals surface area contributed by atoms with Gasteiger partial charge >= 0.3 is 0 Å². The second-order valence-electron chi connectivity index (χ2n) is 7.83. The maximum Gasteiger partial charge on any atom is 0.243 e. The van der Waals surface area contributed by atoms with Crippen molar-refractivity contribution in [2.75, 3.05) is 26.2 Å². The predicted molar refractivity (Wildman–Crippen MR) is 122 cm³/mol. The molecule has 2 aromatic carbocycles. The Hall–Kier alpha value is -2.38. The molecule has 7 heteroatoms. The summed E-state index contributed by atoms with van der Waals surface area (Å²) < 4.78 is 32.9. The van der Waals surface area contributed by atoms with Gasteiger partial charge in [-0.2, -0.15) is 4.31 Å². The van der Waals surface area contributed by atoms with Gasteiger partial charge in [-0.15, -0.1) is 0 Å². The van der Waals surface area contributed by atoms with E-state index < -0.39 is 10.0 Å². The molecule has 0 bridgehead atoms. The third-order valence-electron chi connectivity index (χ3n) is 5.42. The van der Waals surface area contributed by atoms with Crippen molar-refractivity contribution in [1.82, 2.24) is 9.62 Å². The van der Waals surface area contributed by atoms with Gasteiger partial charge < -0.3 is 10.1 Å². The Morgan fingerprint density at radius 2 is 1.61 bits per heavy atom. The lowest BCUT2D eigenvalue weighted by Gasteiger charge is -2.20. The molecule has 0 unspecified atom stereocenters. The lowest BCUT2D eigenvalue weighted by molar-refractivity contribution is -0.121. The number of nitrogens with one attached hydrogen (secondary N) is 1. The molecule has 1 aliphatic heterocycles. The number of rotatable bonds is 10. The van der Waals surface area contributed by atoms with Gasteiger partial charge in [-0.1, -0.05) is 43.2 Å². The van der Waals surface area contributed by atoms with E-state index >= 15 is 0 Å². The van der Waals surface area contributed by atoms with Crippen molar-refractivity contribution in [2.24, 2.45) is 0 Å². The quantitative estimate of drug-likeness (QED) is 0.566. The van der Waals surface area contributed by atoms with Crippen LogP contribution >= 0.6 is 0 Å². The Labute approximate surface area is 185 Å². The molecule has 1 saturated heterocycles. The van der Waals surface area contributed by atoms with Crippen LogP contribution in [0.4, 0.5) is 0 Å². The zero-order valence-electron chi connectivity index (χ0n) is 18.0. The van der Waals surface area contributed by atoms with Crippen molar-refractivity contribution in [3.05, 3.63) is 60.2 Å². The Morgan fingerprint density at radius 3 is 2.29 bits per heavy atom.